The third-order valence-electron chi connectivity index (χ3n) is 3.70. The molecule has 0 aliphatic heterocycles. The van der Waals surface area contributed by atoms with Gasteiger partial charge in [0, 0.05) is 17.0 Å². The van der Waals surface area contributed by atoms with Gasteiger partial charge in [-0.2, -0.15) is 0 Å². The van der Waals surface area contributed by atoms with Crippen LogP contribution < -0.4 is 20.3 Å². The smallest absolute Gasteiger partial charge is 0.269 e. The average molecular weight is 393 g/mol. The van der Waals surface area contributed by atoms with E-state index in [-0.39, 0.29) is 0 Å². The van der Waals surface area contributed by atoms with Crippen LogP contribution in [-0.4, -0.2) is 29.6 Å². The summed E-state index contributed by atoms with van der Waals surface area (Å²) < 4.78 is 11.1. The van der Waals surface area contributed by atoms with Crippen LogP contribution in [0.3, 0.4) is 0 Å². The highest BCUT2D eigenvalue weighted by Gasteiger charge is 2.16. The third kappa shape index (κ3) is 5.99. The van der Waals surface area contributed by atoms with Gasteiger partial charge in [-0.3, -0.25) is 15.6 Å². The molecule has 0 unspecified atom stereocenters. The van der Waals surface area contributed by atoms with Gasteiger partial charge in [0.2, 0.25) is 5.95 Å². The summed E-state index contributed by atoms with van der Waals surface area (Å²) in [6.07, 6.45) is 0.890. The fourth-order valence-corrected chi connectivity index (χ4v) is 2.62. The van der Waals surface area contributed by atoms with E-state index in [4.69, 9.17) is 21.1 Å². The van der Waals surface area contributed by atoms with Crippen molar-refractivity contribution >= 4 is 23.5 Å². The second-order valence-corrected chi connectivity index (χ2v) is 6.98. The summed E-state index contributed by atoms with van der Waals surface area (Å²) in [5.74, 6) is 1.26. The topological polar surface area (TPSA) is 85.4 Å². The Morgan fingerprint density at radius 2 is 1.85 bits per heavy atom. The van der Waals surface area contributed by atoms with Crippen LogP contribution in [0.1, 0.15) is 42.0 Å². The van der Waals surface area contributed by atoms with E-state index in [1.54, 1.807) is 6.07 Å². The molecule has 0 aliphatic rings. The van der Waals surface area contributed by atoms with Crippen molar-refractivity contribution in [1.29, 1.82) is 0 Å². The number of ether oxygens (including phenoxy) is 2. The van der Waals surface area contributed by atoms with Crippen molar-refractivity contribution in [2.24, 2.45) is 5.92 Å². The van der Waals surface area contributed by atoms with Crippen LogP contribution in [0, 0.1) is 19.8 Å². The second kappa shape index (κ2) is 9.41. The number of nitrogens with one attached hydrogen (secondary N) is 2. The maximum Gasteiger partial charge on any atom is 0.269 e. The summed E-state index contributed by atoms with van der Waals surface area (Å²) >= 11 is 6.30. The summed E-state index contributed by atoms with van der Waals surface area (Å²) in [6.45, 7) is 8.45. The molecule has 2 aromatic rings. The van der Waals surface area contributed by atoms with E-state index in [1.165, 1.54) is 13.2 Å². The number of hydrogen-bond donors (Lipinski definition) is 2. The summed E-state index contributed by atoms with van der Waals surface area (Å²) in [7, 11) is 1.50. The Morgan fingerprint density at radius 1 is 1.19 bits per heavy atom. The summed E-state index contributed by atoms with van der Waals surface area (Å²) in [4.78, 5) is 20.8. The van der Waals surface area contributed by atoms with Gasteiger partial charge in [0.15, 0.2) is 11.5 Å². The minimum absolute atomic E-state index is 0.311. The van der Waals surface area contributed by atoms with Gasteiger partial charge in [0.1, 0.15) is 0 Å². The Bertz CT molecular complexity index is 792. The predicted octanol–water partition coefficient (Wildman–Crippen LogP) is 3.94. The Labute approximate surface area is 164 Å². The minimum atomic E-state index is -0.397. The number of halogens is 1. The molecule has 0 radical (unpaired) electrons. The minimum Gasteiger partial charge on any atom is -0.493 e. The number of carbonyl (C=O) groups excluding carboxylic acids is 1. The van der Waals surface area contributed by atoms with E-state index in [0.29, 0.717) is 40.6 Å². The van der Waals surface area contributed by atoms with Crippen molar-refractivity contribution < 1.29 is 14.3 Å². The van der Waals surface area contributed by atoms with Crippen LogP contribution in [0.25, 0.3) is 0 Å². The molecule has 0 bridgehead atoms. The summed E-state index contributed by atoms with van der Waals surface area (Å²) in [5, 5.41) is 0.311. The zero-order chi connectivity index (χ0) is 20.0. The van der Waals surface area contributed by atoms with Crippen molar-refractivity contribution in [1.82, 2.24) is 15.4 Å². The highest BCUT2D eigenvalue weighted by Crippen LogP contribution is 2.36. The SMILES string of the molecule is COc1cc(C(=O)NNc2nc(C)cc(C)n2)cc(Cl)c1OCCC(C)C. The largest absolute Gasteiger partial charge is 0.493 e. The molecule has 1 aromatic carbocycles. The zero-order valence-corrected chi connectivity index (χ0v) is 17.0. The van der Waals surface area contributed by atoms with Gasteiger partial charge in [0.25, 0.3) is 5.91 Å². The van der Waals surface area contributed by atoms with Gasteiger partial charge in [-0.05, 0) is 44.4 Å². The van der Waals surface area contributed by atoms with E-state index in [2.05, 4.69) is 34.7 Å². The number of rotatable bonds is 8. The lowest BCUT2D eigenvalue weighted by molar-refractivity contribution is 0.0962. The van der Waals surface area contributed by atoms with E-state index >= 15 is 0 Å². The Kier molecular flexibility index (Phi) is 7.24. The highest BCUT2D eigenvalue weighted by atomic mass is 35.5. The van der Waals surface area contributed by atoms with Crippen LogP contribution in [0.15, 0.2) is 18.2 Å². The Hall–Kier alpha value is -2.54. The predicted molar refractivity (Wildman–Crippen MR) is 106 cm³/mol. The van der Waals surface area contributed by atoms with Gasteiger partial charge in [-0.25, -0.2) is 9.97 Å². The summed E-state index contributed by atoms with van der Waals surface area (Å²) in [6, 6.07) is 4.96. The normalized spacial score (nSPS) is 10.6. The standard InChI is InChI=1S/C19H25ClN4O3/c1-11(2)6-7-27-17-15(20)9-14(10-16(17)26-5)18(25)23-24-19-21-12(3)8-13(4)22-19/h8-11H,6-7H2,1-5H3,(H,23,25)(H,21,22,24). The number of anilines is 1. The molecule has 0 fully saturated rings. The van der Waals surface area contributed by atoms with Crippen LogP contribution in [0.2, 0.25) is 5.02 Å². The third-order valence-corrected chi connectivity index (χ3v) is 3.98. The maximum absolute atomic E-state index is 12.4. The Balaban J connectivity index is 2.10. The number of aryl methyl sites for hydroxylation is 2. The molecule has 27 heavy (non-hydrogen) atoms. The number of nitrogens with zero attached hydrogens (tertiary/aromatic N) is 2. The van der Waals surface area contributed by atoms with Crippen molar-refractivity contribution in [2.45, 2.75) is 34.1 Å². The lowest BCUT2D eigenvalue weighted by Gasteiger charge is -2.15. The molecule has 0 saturated carbocycles. The van der Waals surface area contributed by atoms with Crippen molar-refractivity contribution in [2.75, 3.05) is 19.1 Å². The highest BCUT2D eigenvalue weighted by molar-refractivity contribution is 6.32. The monoisotopic (exact) mass is 392 g/mol. The van der Waals surface area contributed by atoms with Gasteiger partial charge in [-0.15, -0.1) is 0 Å². The number of benzene rings is 1. The first-order valence-electron chi connectivity index (χ1n) is 8.69. The molecule has 0 saturated heterocycles. The van der Waals surface area contributed by atoms with E-state index in [0.717, 1.165) is 17.8 Å². The van der Waals surface area contributed by atoms with Crippen LogP contribution in [-0.2, 0) is 0 Å². The molecular weight excluding hydrogens is 368 g/mol. The average Bonchev–Trinajstić information content (AvgIpc) is 2.59. The second-order valence-electron chi connectivity index (χ2n) is 6.57. The first-order valence-corrected chi connectivity index (χ1v) is 9.07. The molecule has 1 heterocycles. The first kappa shape index (κ1) is 20.8. The quantitative estimate of drug-likeness (QED) is 0.662. The lowest BCUT2D eigenvalue weighted by Crippen LogP contribution is -2.30. The number of hydrogen-bond acceptors (Lipinski definition) is 6. The number of carbonyl (C=O) groups is 1. The number of methoxy groups -OCH3 is 1. The van der Waals surface area contributed by atoms with E-state index in [9.17, 15) is 4.79 Å². The van der Waals surface area contributed by atoms with Gasteiger partial charge < -0.3 is 9.47 Å². The molecule has 1 aromatic heterocycles. The van der Waals surface area contributed by atoms with Crippen molar-refractivity contribution in [3.05, 3.63) is 40.2 Å². The van der Waals surface area contributed by atoms with Crippen molar-refractivity contribution in [3.8, 4) is 11.5 Å². The van der Waals surface area contributed by atoms with E-state index < -0.39 is 5.91 Å². The fraction of sp³-hybridized carbons (Fsp3) is 0.421. The molecule has 8 heteroatoms. The number of amides is 1. The molecule has 0 spiro atoms. The Morgan fingerprint density at radius 3 is 2.44 bits per heavy atom. The molecule has 0 aliphatic carbocycles. The first-order chi connectivity index (χ1) is 12.8. The van der Waals surface area contributed by atoms with Crippen molar-refractivity contribution in [3.63, 3.8) is 0 Å². The molecule has 2 N–H and O–H groups in total. The molecule has 0 atom stereocenters. The molecular formula is C19H25ClN4O3. The van der Waals surface area contributed by atoms with E-state index in [1.807, 2.05) is 19.9 Å². The zero-order valence-electron chi connectivity index (χ0n) is 16.2. The van der Waals surface area contributed by atoms with Gasteiger partial charge in [0.05, 0.1) is 18.7 Å². The molecule has 146 valence electrons. The molecule has 7 nitrogen and oxygen atoms in total. The summed E-state index contributed by atoms with van der Waals surface area (Å²) in [5.41, 5.74) is 7.18. The van der Waals surface area contributed by atoms with Crippen LogP contribution in [0.4, 0.5) is 5.95 Å². The van der Waals surface area contributed by atoms with Gasteiger partial charge in [-0.1, -0.05) is 25.4 Å². The van der Waals surface area contributed by atoms with Crippen LogP contribution >= 0.6 is 11.6 Å². The lowest BCUT2D eigenvalue weighted by atomic mass is 10.1. The number of hydrazine groups is 1. The maximum atomic E-state index is 12.4. The molecule has 1 amide bonds. The molecule has 2 rings (SSSR count). The number of aromatic nitrogens is 2. The van der Waals surface area contributed by atoms with Crippen LogP contribution in [0.5, 0.6) is 11.5 Å². The van der Waals surface area contributed by atoms with Gasteiger partial charge >= 0.3 is 0 Å². The fourth-order valence-electron chi connectivity index (χ4n) is 2.35.